The number of aliphatic hydroxyl groups excluding tert-OH is 1. The summed E-state index contributed by atoms with van der Waals surface area (Å²) in [6.45, 7) is 7.07. The number of nitrogens with zero attached hydrogens (tertiary/aromatic N) is 2. The van der Waals surface area contributed by atoms with Crippen molar-refractivity contribution in [3.63, 3.8) is 0 Å². The second-order valence-electron chi connectivity index (χ2n) is 4.27. The summed E-state index contributed by atoms with van der Waals surface area (Å²) in [7, 11) is 0. The molecule has 0 unspecified atom stereocenters. The highest BCUT2D eigenvalue weighted by Crippen LogP contribution is 2.18. The molecule has 0 aliphatic heterocycles. The van der Waals surface area contributed by atoms with Gasteiger partial charge < -0.3 is 10.0 Å². The highest BCUT2D eigenvalue weighted by Gasteiger charge is 2.05. The van der Waals surface area contributed by atoms with Gasteiger partial charge in [-0.3, -0.25) is 4.79 Å². The molecule has 1 aromatic rings. The van der Waals surface area contributed by atoms with Crippen LogP contribution in [0.3, 0.4) is 0 Å². The predicted octanol–water partition coefficient (Wildman–Crippen LogP) is 1.28. The quantitative estimate of drug-likeness (QED) is 0.600. The molecule has 0 aliphatic rings. The summed E-state index contributed by atoms with van der Waals surface area (Å²) >= 11 is 0. The Morgan fingerprint density at radius 1 is 1.53 bits per heavy atom. The molecule has 0 saturated carbocycles. The average molecular weight is 263 g/mol. The van der Waals surface area contributed by atoms with Crippen molar-refractivity contribution >= 4 is 17.8 Å². The smallest absolute Gasteiger partial charge is 0.236 e. The van der Waals surface area contributed by atoms with Gasteiger partial charge in [-0.15, -0.1) is 0 Å². The van der Waals surface area contributed by atoms with Crippen LogP contribution in [-0.4, -0.2) is 36.9 Å². The molecule has 1 amide bonds. The van der Waals surface area contributed by atoms with Crippen molar-refractivity contribution in [1.29, 1.82) is 0 Å². The lowest BCUT2D eigenvalue weighted by Crippen LogP contribution is -2.26. The van der Waals surface area contributed by atoms with Gasteiger partial charge in [0.05, 0.1) is 12.8 Å². The minimum atomic E-state index is -0.189. The van der Waals surface area contributed by atoms with Gasteiger partial charge in [-0.1, -0.05) is 6.07 Å². The first-order valence-electron chi connectivity index (χ1n) is 6.34. The minimum absolute atomic E-state index is 0.138. The number of carbonyl (C=O) groups is 1. The Kier molecular flexibility index (Phi) is 6.02. The molecule has 0 fully saturated rings. The number of aliphatic hydroxyl groups is 1. The van der Waals surface area contributed by atoms with E-state index >= 15 is 0 Å². The summed E-state index contributed by atoms with van der Waals surface area (Å²) in [5, 5.41) is 12.9. The van der Waals surface area contributed by atoms with Crippen LogP contribution in [0.4, 0.5) is 5.69 Å². The number of hydrazone groups is 1. The van der Waals surface area contributed by atoms with Gasteiger partial charge in [0, 0.05) is 25.7 Å². The summed E-state index contributed by atoms with van der Waals surface area (Å²) in [5.41, 5.74) is 5.48. The molecular weight excluding hydrogens is 242 g/mol. The fourth-order valence-corrected chi connectivity index (χ4v) is 1.78. The van der Waals surface area contributed by atoms with E-state index in [1.807, 2.05) is 25.1 Å². The van der Waals surface area contributed by atoms with Crippen LogP contribution in [0.2, 0.25) is 0 Å². The molecule has 0 radical (unpaired) electrons. The number of hydrogen-bond acceptors (Lipinski definition) is 4. The Hall–Kier alpha value is -1.88. The van der Waals surface area contributed by atoms with Crippen molar-refractivity contribution in [2.45, 2.75) is 20.8 Å². The number of amides is 1. The molecular formula is C14H21N3O2. The first kappa shape index (κ1) is 15.2. The van der Waals surface area contributed by atoms with Gasteiger partial charge in [-0.25, -0.2) is 5.43 Å². The summed E-state index contributed by atoms with van der Waals surface area (Å²) < 4.78 is 0. The lowest BCUT2D eigenvalue weighted by molar-refractivity contribution is -0.118. The zero-order chi connectivity index (χ0) is 14.3. The summed E-state index contributed by atoms with van der Waals surface area (Å²) in [6.07, 6.45) is 1.63. The van der Waals surface area contributed by atoms with Crippen molar-refractivity contribution in [1.82, 2.24) is 5.43 Å². The number of hydrogen-bond donors (Lipinski definition) is 2. The minimum Gasteiger partial charge on any atom is -0.395 e. The van der Waals surface area contributed by atoms with E-state index < -0.39 is 0 Å². The van der Waals surface area contributed by atoms with Gasteiger partial charge in [0.15, 0.2) is 0 Å². The second kappa shape index (κ2) is 7.53. The van der Waals surface area contributed by atoms with E-state index in [4.69, 9.17) is 5.11 Å². The van der Waals surface area contributed by atoms with E-state index in [-0.39, 0.29) is 12.5 Å². The van der Waals surface area contributed by atoms with Crippen molar-refractivity contribution < 1.29 is 9.90 Å². The van der Waals surface area contributed by atoms with E-state index in [1.54, 1.807) is 6.21 Å². The topological polar surface area (TPSA) is 64.9 Å². The standard InChI is InChI=1S/C14H21N3O2/c1-4-17(7-8-18)14-6-5-13(11(2)9-14)10-15-16-12(3)19/h5-6,9-10,18H,4,7-8H2,1-3H3,(H,16,19)/b15-10-. The van der Waals surface area contributed by atoms with E-state index in [9.17, 15) is 4.79 Å². The number of nitrogens with one attached hydrogen (secondary N) is 1. The predicted molar refractivity (Wildman–Crippen MR) is 77.6 cm³/mol. The van der Waals surface area contributed by atoms with Gasteiger partial charge in [-0.05, 0) is 37.1 Å². The van der Waals surface area contributed by atoms with Crippen LogP contribution < -0.4 is 10.3 Å². The van der Waals surface area contributed by atoms with E-state index in [1.165, 1.54) is 6.92 Å². The zero-order valence-corrected chi connectivity index (χ0v) is 11.7. The lowest BCUT2D eigenvalue weighted by Gasteiger charge is -2.22. The molecule has 0 heterocycles. The molecule has 0 saturated heterocycles. The molecule has 0 aromatic heterocycles. The van der Waals surface area contributed by atoms with Crippen LogP contribution in [0, 0.1) is 6.92 Å². The second-order valence-corrected chi connectivity index (χ2v) is 4.27. The van der Waals surface area contributed by atoms with Crippen molar-refractivity contribution in [3.8, 4) is 0 Å². The van der Waals surface area contributed by atoms with Gasteiger partial charge in [0.25, 0.3) is 0 Å². The molecule has 19 heavy (non-hydrogen) atoms. The van der Waals surface area contributed by atoms with Crippen LogP contribution in [0.15, 0.2) is 23.3 Å². The molecule has 5 heteroatoms. The van der Waals surface area contributed by atoms with E-state index in [0.29, 0.717) is 6.54 Å². The number of rotatable bonds is 6. The average Bonchev–Trinajstić information content (AvgIpc) is 2.37. The molecule has 2 N–H and O–H groups in total. The SMILES string of the molecule is CCN(CCO)c1ccc(/C=N\NC(C)=O)c(C)c1. The summed E-state index contributed by atoms with van der Waals surface area (Å²) in [6, 6.07) is 5.99. The van der Waals surface area contributed by atoms with E-state index in [0.717, 1.165) is 23.4 Å². The van der Waals surface area contributed by atoms with Gasteiger partial charge in [-0.2, -0.15) is 5.10 Å². The molecule has 0 bridgehead atoms. The van der Waals surface area contributed by atoms with Crippen molar-refractivity contribution in [2.75, 3.05) is 24.6 Å². The van der Waals surface area contributed by atoms with Crippen LogP contribution in [0.25, 0.3) is 0 Å². The Labute approximate surface area is 113 Å². The molecule has 104 valence electrons. The highest BCUT2D eigenvalue weighted by molar-refractivity contribution is 5.84. The number of benzene rings is 1. The number of likely N-dealkylation sites (N-methyl/N-ethyl adjacent to an activating group) is 1. The molecule has 1 aromatic carbocycles. The molecule has 0 aliphatic carbocycles. The third kappa shape index (κ3) is 4.71. The van der Waals surface area contributed by atoms with Crippen LogP contribution in [0.5, 0.6) is 0 Å². The lowest BCUT2D eigenvalue weighted by atomic mass is 10.1. The maximum absolute atomic E-state index is 10.7. The Morgan fingerprint density at radius 3 is 2.79 bits per heavy atom. The molecule has 1 rings (SSSR count). The van der Waals surface area contributed by atoms with Crippen LogP contribution in [0.1, 0.15) is 25.0 Å². The normalized spacial score (nSPS) is 10.7. The molecule has 0 atom stereocenters. The molecule has 0 spiro atoms. The number of anilines is 1. The Balaban J connectivity index is 2.84. The largest absolute Gasteiger partial charge is 0.395 e. The number of carbonyl (C=O) groups excluding carboxylic acids is 1. The summed E-state index contributed by atoms with van der Waals surface area (Å²) in [5.74, 6) is -0.189. The van der Waals surface area contributed by atoms with Crippen molar-refractivity contribution in [3.05, 3.63) is 29.3 Å². The molecule has 5 nitrogen and oxygen atoms in total. The number of aryl methyl sites for hydroxylation is 1. The highest BCUT2D eigenvalue weighted by atomic mass is 16.3. The van der Waals surface area contributed by atoms with Gasteiger partial charge in [0.2, 0.25) is 5.91 Å². The zero-order valence-electron chi connectivity index (χ0n) is 11.7. The maximum atomic E-state index is 10.7. The summed E-state index contributed by atoms with van der Waals surface area (Å²) in [4.78, 5) is 12.8. The van der Waals surface area contributed by atoms with Crippen LogP contribution in [-0.2, 0) is 4.79 Å². The first-order valence-corrected chi connectivity index (χ1v) is 6.34. The Morgan fingerprint density at radius 2 is 2.26 bits per heavy atom. The first-order chi connectivity index (χ1) is 9.08. The fraction of sp³-hybridized carbons (Fsp3) is 0.429. The maximum Gasteiger partial charge on any atom is 0.236 e. The van der Waals surface area contributed by atoms with Gasteiger partial charge >= 0.3 is 0 Å². The van der Waals surface area contributed by atoms with Crippen LogP contribution >= 0.6 is 0 Å². The van der Waals surface area contributed by atoms with Crippen molar-refractivity contribution in [2.24, 2.45) is 5.10 Å². The van der Waals surface area contributed by atoms with Gasteiger partial charge in [0.1, 0.15) is 0 Å². The van der Waals surface area contributed by atoms with E-state index in [2.05, 4.69) is 22.4 Å². The third-order valence-corrected chi connectivity index (χ3v) is 2.80. The monoisotopic (exact) mass is 263 g/mol. The fourth-order valence-electron chi connectivity index (χ4n) is 1.78. The third-order valence-electron chi connectivity index (χ3n) is 2.80. The Bertz CT molecular complexity index is 458.